The Kier molecular flexibility index (Phi) is 4.94. The number of benzene rings is 1. The van der Waals surface area contributed by atoms with E-state index in [1.165, 1.54) is 4.68 Å². The van der Waals surface area contributed by atoms with Crippen LogP contribution in [0.4, 0.5) is 22.0 Å². The largest absolute Gasteiger partial charge is 0.435 e. The highest BCUT2D eigenvalue weighted by Gasteiger charge is 2.39. The molecule has 140 valence electrons. The summed E-state index contributed by atoms with van der Waals surface area (Å²) in [5.74, 6) is -2.90. The molecule has 1 aliphatic heterocycles. The molecule has 1 aromatic heterocycles. The van der Waals surface area contributed by atoms with Gasteiger partial charge < -0.3 is 10.1 Å². The van der Waals surface area contributed by atoms with Gasteiger partial charge in [0.2, 0.25) is 0 Å². The summed E-state index contributed by atoms with van der Waals surface area (Å²) in [6, 6.07) is 2.69. The lowest BCUT2D eigenvalue weighted by atomic mass is 10.1. The van der Waals surface area contributed by atoms with Crippen LogP contribution in [-0.4, -0.2) is 28.8 Å². The monoisotopic (exact) mass is 375 g/mol. The maximum Gasteiger partial charge on any atom is 0.435 e. The number of carbonyl (C=O) groups excluding carboxylic acids is 1. The quantitative estimate of drug-likeness (QED) is 0.836. The molecule has 1 aliphatic rings. The number of ether oxygens (including phenoxy) is 1. The smallest absolute Gasteiger partial charge is 0.376 e. The van der Waals surface area contributed by atoms with Gasteiger partial charge in [0.05, 0.1) is 19.8 Å². The molecular formula is C16H14F5N3O2. The van der Waals surface area contributed by atoms with Gasteiger partial charge in [-0.1, -0.05) is 0 Å². The fourth-order valence-electron chi connectivity index (χ4n) is 2.74. The van der Waals surface area contributed by atoms with Crippen LogP contribution in [0.15, 0.2) is 18.2 Å². The number of alkyl halides is 3. The van der Waals surface area contributed by atoms with E-state index < -0.39 is 29.4 Å². The average molecular weight is 375 g/mol. The zero-order valence-electron chi connectivity index (χ0n) is 13.4. The topological polar surface area (TPSA) is 56.2 Å². The van der Waals surface area contributed by atoms with Gasteiger partial charge >= 0.3 is 6.18 Å². The van der Waals surface area contributed by atoms with Crippen molar-refractivity contribution in [3.8, 4) is 0 Å². The molecule has 0 unspecified atom stereocenters. The molecule has 1 amide bonds. The third kappa shape index (κ3) is 3.69. The molecule has 0 saturated carbocycles. The summed E-state index contributed by atoms with van der Waals surface area (Å²) < 4.78 is 71.5. The second kappa shape index (κ2) is 7.02. The molecule has 10 heteroatoms. The Morgan fingerprint density at radius 3 is 2.73 bits per heavy atom. The first-order valence-corrected chi connectivity index (χ1v) is 7.74. The van der Waals surface area contributed by atoms with Gasteiger partial charge in [0.25, 0.3) is 5.91 Å². The number of halogens is 5. The van der Waals surface area contributed by atoms with Crippen molar-refractivity contribution in [2.24, 2.45) is 0 Å². The third-order valence-corrected chi connectivity index (χ3v) is 3.96. The summed E-state index contributed by atoms with van der Waals surface area (Å²) in [5, 5.41) is 6.06. The van der Waals surface area contributed by atoms with Crippen LogP contribution in [0.25, 0.3) is 0 Å². The maximum absolute atomic E-state index is 13.1. The summed E-state index contributed by atoms with van der Waals surface area (Å²) in [6.45, 7) is 0.112. The van der Waals surface area contributed by atoms with Crippen LogP contribution in [-0.2, 0) is 30.5 Å². The Morgan fingerprint density at radius 2 is 2.04 bits per heavy atom. The molecule has 1 aromatic carbocycles. The van der Waals surface area contributed by atoms with Gasteiger partial charge in [-0.15, -0.1) is 0 Å². The fourth-order valence-corrected chi connectivity index (χ4v) is 2.74. The standard InChI is InChI=1S/C16H14F5N3O2/c17-11-2-1-9(7-12(11)18)15(25)22-4-5-24-13-3-6-26-8-10(13)14(23-24)16(19,20)21/h1-2,7H,3-6,8H2,(H,22,25). The predicted molar refractivity (Wildman–Crippen MR) is 79.3 cm³/mol. The number of nitrogens with zero attached hydrogens (tertiary/aromatic N) is 2. The van der Waals surface area contributed by atoms with Crippen LogP contribution in [0.1, 0.15) is 27.3 Å². The second-order valence-electron chi connectivity index (χ2n) is 5.68. The van der Waals surface area contributed by atoms with E-state index in [2.05, 4.69) is 10.4 Å². The summed E-state index contributed by atoms with van der Waals surface area (Å²) in [5.41, 5.74) is -0.642. The molecule has 1 N–H and O–H groups in total. The number of nitrogens with one attached hydrogen (secondary N) is 1. The first kappa shape index (κ1) is 18.3. The number of aromatic nitrogens is 2. The van der Waals surface area contributed by atoms with Crippen molar-refractivity contribution < 1.29 is 31.5 Å². The van der Waals surface area contributed by atoms with Gasteiger partial charge in [-0.25, -0.2) is 8.78 Å². The minimum absolute atomic E-state index is 0.00777. The van der Waals surface area contributed by atoms with E-state index in [1.54, 1.807) is 0 Å². The molecule has 0 radical (unpaired) electrons. The van der Waals surface area contributed by atoms with E-state index in [1.807, 2.05) is 0 Å². The SMILES string of the molecule is O=C(NCCn1nc(C(F)(F)F)c2c1CCOC2)c1ccc(F)c(F)c1. The first-order valence-electron chi connectivity index (χ1n) is 7.74. The number of amides is 1. The van der Waals surface area contributed by atoms with Gasteiger partial charge in [-0.2, -0.15) is 18.3 Å². The van der Waals surface area contributed by atoms with Crippen molar-refractivity contribution in [1.82, 2.24) is 15.1 Å². The fraction of sp³-hybridized carbons (Fsp3) is 0.375. The van der Waals surface area contributed by atoms with Crippen molar-refractivity contribution in [3.63, 3.8) is 0 Å². The normalized spacial score (nSPS) is 14.2. The highest BCUT2D eigenvalue weighted by Crippen LogP contribution is 2.34. The minimum atomic E-state index is -4.59. The predicted octanol–water partition coefficient (Wildman–Crippen LogP) is 2.68. The molecule has 2 aromatic rings. The Labute approximate surface area is 144 Å². The van der Waals surface area contributed by atoms with E-state index in [-0.39, 0.29) is 43.9 Å². The molecule has 0 saturated heterocycles. The third-order valence-electron chi connectivity index (χ3n) is 3.96. The van der Waals surface area contributed by atoms with Crippen molar-refractivity contribution in [2.45, 2.75) is 25.7 Å². The lowest BCUT2D eigenvalue weighted by molar-refractivity contribution is -0.142. The highest BCUT2D eigenvalue weighted by molar-refractivity contribution is 5.94. The van der Waals surface area contributed by atoms with Crippen LogP contribution >= 0.6 is 0 Å². The lowest BCUT2D eigenvalue weighted by Crippen LogP contribution is -2.28. The van der Waals surface area contributed by atoms with E-state index in [0.717, 1.165) is 18.2 Å². The Hall–Kier alpha value is -2.49. The molecule has 3 rings (SSSR count). The van der Waals surface area contributed by atoms with Crippen LogP contribution < -0.4 is 5.32 Å². The lowest BCUT2D eigenvalue weighted by Gasteiger charge is -2.15. The molecule has 2 heterocycles. The molecular weight excluding hydrogens is 361 g/mol. The van der Waals surface area contributed by atoms with Gasteiger partial charge in [-0.3, -0.25) is 9.48 Å². The molecule has 0 aliphatic carbocycles. The second-order valence-corrected chi connectivity index (χ2v) is 5.68. The zero-order chi connectivity index (χ0) is 18.9. The number of hydrogen-bond donors (Lipinski definition) is 1. The molecule has 0 bridgehead atoms. The van der Waals surface area contributed by atoms with Crippen molar-refractivity contribution in [3.05, 3.63) is 52.3 Å². The molecule has 26 heavy (non-hydrogen) atoms. The summed E-state index contributed by atoms with van der Waals surface area (Å²) in [7, 11) is 0. The maximum atomic E-state index is 13.1. The van der Waals surface area contributed by atoms with E-state index >= 15 is 0 Å². The Balaban J connectivity index is 1.69. The van der Waals surface area contributed by atoms with Gasteiger partial charge in [0, 0.05) is 29.8 Å². The molecule has 0 spiro atoms. The van der Waals surface area contributed by atoms with Crippen LogP contribution in [0.5, 0.6) is 0 Å². The summed E-state index contributed by atoms with van der Waals surface area (Å²) >= 11 is 0. The number of rotatable bonds is 4. The molecule has 0 atom stereocenters. The number of carbonyl (C=O) groups is 1. The highest BCUT2D eigenvalue weighted by atomic mass is 19.4. The van der Waals surface area contributed by atoms with Crippen molar-refractivity contribution in [1.29, 1.82) is 0 Å². The number of hydrogen-bond acceptors (Lipinski definition) is 3. The van der Waals surface area contributed by atoms with Crippen LogP contribution in [0.2, 0.25) is 0 Å². The van der Waals surface area contributed by atoms with Gasteiger partial charge in [0.15, 0.2) is 17.3 Å². The van der Waals surface area contributed by atoms with E-state index in [0.29, 0.717) is 5.69 Å². The van der Waals surface area contributed by atoms with Crippen molar-refractivity contribution in [2.75, 3.05) is 13.2 Å². The first-order chi connectivity index (χ1) is 12.3. The Morgan fingerprint density at radius 1 is 1.27 bits per heavy atom. The van der Waals surface area contributed by atoms with Crippen LogP contribution in [0.3, 0.4) is 0 Å². The van der Waals surface area contributed by atoms with Gasteiger partial charge in [0.1, 0.15) is 0 Å². The van der Waals surface area contributed by atoms with E-state index in [4.69, 9.17) is 4.74 Å². The molecule has 0 fully saturated rings. The Bertz CT molecular complexity index is 832. The van der Waals surface area contributed by atoms with E-state index in [9.17, 15) is 26.7 Å². The summed E-state index contributed by atoms with van der Waals surface area (Å²) in [4.78, 5) is 11.9. The van der Waals surface area contributed by atoms with Crippen molar-refractivity contribution >= 4 is 5.91 Å². The average Bonchev–Trinajstić information content (AvgIpc) is 2.96. The summed E-state index contributed by atoms with van der Waals surface area (Å²) in [6.07, 6.45) is -4.31. The number of fused-ring (bicyclic) bond motifs is 1. The van der Waals surface area contributed by atoms with Crippen LogP contribution in [0, 0.1) is 11.6 Å². The molecule has 5 nitrogen and oxygen atoms in total. The van der Waals surface area contributed by atoms with Gasteiger partial charge in [-0.05, 0) is 18.2 Å². The minimum Gasteiger partial charge on any atom is -0.376 e. The zero-order valence-corrected chi connectivity index (χ0v) is 13.4.